The zero-order valence-corrected chi connectivity index (χ0v) is 12.8. The van der Waals surface area contributed by atoms with Crippen molar-refractivity contribution in [1.29, 1.82) is 0 Å². The molecular weight excluding hydrogens is 258 g/mol. The van der Waals surface area contributed by atoms with E-state index in [4.69, 9.17) is 9.47 Å². The summed E-state index contributed by atoms with van der Waals surface area (Å²) in [5.41, 5.74) is -0.118. The number of hydrogen-bond donors (Lipinski definition) is 1. The molecular formula is C14H25N3O3. The van der Waals surface area contributed by atoms with Gasteiger partial charge < -0.3 is 19.4 Å². The van der Waals surface area contributed by atoms with Crippen LogP contribution >= 0.6 is 0 Å². The highest BCUT2D eigenvalue weighted by Crippen LogP contribution is 2.13. The molecule has 114 valence electrons. The number of methoxy groups -OCH3 is 2. The van der Waals surface area contributed by atoms with Gasteiger partial charge in [0.2, 0.25) is 0 Å². The van der Waals surface area contributed by atoms with E-state index in [0.717, 1.165) is 13.0 Å². The molecule has 0 amide bonds. The highest BCUT2D eigenvalue weighted by molar-refractivity contribution is 5.37. The molecule has 0 fully saturated rings. The molecule has 1 N–H and O–H groups in total. The Morgan fingerprint density at radius 2 is 1.95 bits per heavy atom. The first-order chi connectivity index (χ1) is 9.58. The van der Waals surface area contributed by atoms with Gasteiger partial charge in [-0.05, 0) is 6.42 Å². The van der Waals surface area contributed by atoms with Crippen LogP contribution in [0.2, 0.25) is 0 Å². The molecule has 1 aromatic heterocycles. The van der Waals surface area contributed by atoms with Crippen LogP contribution < -0.4 is 10.5 Å². The van der Waals surface area contributed by atoms with E-state index < -0.39 is 0 Å². The van der Waals surface area contributed by atoms with E-state index in [1.54, 1.807) is 14.2 Å². The van der Waals surface area contributed by atoms with Crippen LogP contribution in [0.25, 0.3) is 0 Å². The monoisotopic (exact) mass is 283 g/mol. The third kappa shape index (κ3) is 5.30. The molecule has 0 radical (unpaired) electrons. The summed E-state index contributed by atoms with van der Waals surface area (Å²) in [5.74, 6) is 1.60. The van der Waals surface area contributed by atoms with Crippen LogP contribution in [-0.4, -0.2) is 50.5 Å². The fraction of sp³-hybridized carbons (Fsp3) is 0.714. The second kappa shape index (κ2) is 8.71. The van der Waals surface area contributed by atoms with Crippen LogP contribution in [0.15, 0.2) is 10.9 Å². The summed E-state index contributed by atoms with van der Waals surface area (Å²) in [7, 11) is 3.35. The smallest absolute Gasteiger partial charge is 0.252 e. The third-order valence-corrected chi connectivity index (χ3v) is 2.96. The Morgan fingerprint density at radius 3 is 2.55 bits per heavy atom. The maximum Gasteiger partial charge on any atom is 0.252 e. The van der Waals surface area contributed by atoms with Crippen molar-refractivity contribution in [1.82, 2.24) is 9.97 Å². The SMILES string of the molecule is COCCCN(CCOC)c1cc(=O)[nH]c(C(C)C)n1. The number of H-pyrrole nitrogens is 1. The number of hydrogen-bond acceptors (Lipinski definition) is 5. The number of anilines is 1. The van der Waals surface area contributed by atoms with Crippen molar-refractivity contribution in [2.24, 2.45) is 0 Å². The number of aromatic amines is 1. The number of aromatic nitrogens is 2. The molecule has 0 saturated heterocycles. The fourth-order valence-corrected chi connectivity index (χ4v) is 1.84. The molecule has 20 heavy (non-hydrogen) atoms. The predicted molar refractivity (Wildman–Crippen MR) is 79.5 cm³/mol. The summed E-state index contributed by atoms with van der Waals surface area (Å²) in [6.07, 6.45) is 0.881. The topological polar surface area (TPSA) is 67.5 Å². The van der Waals surface area contributed by atoms with Crippen LogP contribution in [0.3, 0.4) is 0 Å². The molecule has 0 aliphatic carbocycles. The number of ether oxygens (including phenoxy) is 2. The van der Waals surface area contributed by atoms with E-state index in [1.165, 1.54) is 6.07 Å². The minimum absolute atomic E-state index is 0.118. The summed E-state index contributed by atoms with van der Waals surface area (Å²) < 4.78 is 10.2. The van der Waals surface area contributed by atoms with Gasteiger partial charge in [-0.2, -0.15) is 0 Å². The molecule has 6 heteroatoms. The molecule has 0 saturated carbocycles. The van der Waals surface area contributed by atoms with E-state index in [-0.39, 0.29) is 11.5 Å². The highest BCUT2D eigenvalue weighted by atomic mass is 16.5. The fourth-order valence-electron chi connectivity index (χ4n) is 1.84. The lowest BCUT2D eigenvalue weighted by molar-refractivity contribution is 0.191. The van der Waals surface area contributed by atoms with Gasteiger partial charge in [0, 0.05) is 45.9 Å². The summed E-state index contributed by atoms with van der Waals surface area (Å²) in [5, 5.41) is 0. The normalized spacial score (nSPS) is 11.1. The molecule has 1 rings (SSSR count). The van der Waals surface area contributed by atoms with Gasteiger partial charge in [0.25, 0.3) is 5.56 Å². The first kappa shape index (κ1) is 16.7. The lowest BCUT2D eigenvalue weighted by atomic mass is 10.2. The quantitative estimate of drug-likeness (QED) is 0.694. The number of rotatable bonds is 9. The van der Waals surface area contributed by atoms with Gasteiger partial charge in [0.05, 0.1) is 6.61 Å². The van der Waals surface area contributed by atoms with Crippen molar-refractivity contribution < 1.29 is 9.47 Å². The summed E-state index contributed by atoms with van der Waals surface area (Å²) in [6.45, 7) is 6.78. The predicted octanol–water partition coefficient (Wildman–Crippen LogP) is 1.38. The Kier molecular flexibility index (Phi) is 7.25. The third-order valence-electron chi connectivity index (χ3n) is 2.96. The van der Waals surface area contributed by atoms with E-state index >= 15 is 0 Å². The minimum atomic E-state index is -0.118. The van der Waals surface area contributed by atoms with Gasteiger partial charge in [0.1, 0.15) is 11.6 Å². The summed E-state index contributed by atoms with van der Waals surface area (Å²) in [6, 6.07) is 1.54. The van der Waals surface area contributed by atoms with Crippen LogP contribution in [0.1, 0.15) is 32.0 Å². The Morgan fingerprint density at radius 1 is 1.25 bits per heavy atom. The van der Waals surface area contributed by atoms with Crippen molar-refractivity contribution in [3.05, 3.63) is 22.2 Å². The Balaban J connectivity index is 2.90. The van der Waals surface area contributed by atoms with Crippen molar-refractivity contribution in [3.8, 4) is 0 Å². The second-order valence-electron chi connectivity index (χ2n) is 4.97. The Hall–Kier alpha value is -1.40. The molecule has 6 nitrogen and oxygen atoms in total. The van der Waals surface area contributed by atoms with Gasteiger partial charge in [-0.25, -0.2) is 4.98 Å². The van der Waals surface area contributed by atoms with Crippen LogP contribution in [0, 0.1) is 0 Å². The van der Waals surface area contributed by atoms with Gasteiger partial charge in [-0.15, -0.1) is 0 Å². The maximum absolute atomic E-state index is 11.7. The van der Waals surface area contributed by atoms with E-state index in [2.05, 4.69) is 14.9 Å². The lowest BCUT2D eigenvalue weighted by Gasteiger charge is -2.23. The van der Waals surface area contributed by atoms with Crippen LogP contribution in [0.4, 0.5) is 5.82 Å². The average Bonchev–Trinajstić information content (AvgIpc) is 2.42. The standard InChI is InChI=1S/C14H25N3O3/c1-11(2)14-15-12(10-13(18)16-14)17(7-9-20-4)6-5-8-19-3/h10-11H,5-9H2,1-4H3,(H,15,16,18). The molecule has 1 aromatic rings. The average molecular weight is 283 g/mol. The number of nitrogens with zero attached hydrogens (tertiary/aromatic N) is 2. The van der Waals surface area contributed by atoms with Gasteiger partial charge in [-0.3, -0.25) is 4.79 Å². The molecule has 1 heterocycles. The van der Waals surface area contributed by atoms with Crippen molar-refractivity contribution in [2.45, 2.75) is 26.2 Å². The van der Waals surface area contributed by atoms with Gasteiger partial charge >= 0.3 is 0 Å². The largest absolute Gasteiger partial charge is 0.385 e. The first-order valence-corrected chi connectivity index (χ1v) is 6.92. The Labute approximate surface area is 120 Å². The molecule has 0 spiro atoms. The molecule has 0 atom stereocenters. The summed E-state index contributed by atoms with van der Waals surface area (Å²) >= 11 is 0. The van der Waals surface area contributed by atoms with Crippen molar-refractivity contribution in [2.75, 3.05) is 45.4 Å². The van der Waals surface area contributed by atoms with Crippen LogP contribution in [-0.2, 0) is 9.47 Å². The highest BCUT2D eigenvalue weighted by Gasteiger charge is 2.11. The first-order valence-electron chi connectivity index (χ1n) is 6.92. The Bertz CT molecular complexity index is 446. The minimum Gasteiger partial charge on any atom is -0.385 e. The van der Waals surface area contributed by atoms with E-state index in [9.17, 15) is 4.79 Å². The number of nitrogens with one attached hydrogen (secondary N) is 1. The summed E-state index contributed by atoms with van der Waals surface area (Å²) in [4.78, 5) is 21.1. The van der Waals surface area contributed by atoms with Crippen molar-refractivity contribution >= 4 is 5.82 Å². The molecule has 0 aromatic carbocycles. The second-order valence-corrected chi connectivity index (χ2v) is 4.97. The molecule has 0 unspecified atom stereocenters. The maximum atomic E-state index is 11.7. The zero-order valence-electron chi connectivity index (χ0n) is 12.8. The van der Waals surface area contributed by atoms with Gasteiger partial charge in [-0.1, -0.05) is 13.8 Å². The molecule has 0 aliphatic heterocycles. The van der Waals surface area contributed by atoms with Crippen LogP contribution in [0.5, 0.6) is 0 Å². The molecule has 0 aliphatic rings. The molecule has 0 bridgehead atoms. The van der Waals surface area contributed by atoms with Crippen molar-refractivity contribution in [3.63, 3.8) is 0 Å². The zero-order chi connectivity index (χ0) is 15.0. The van der Waals surface area contributed by atoms with E-state index in [1.807, 2.05) is 13.8 Å². The lowest BCUT2D eigenvalue weighted by Crippen LogP contribution is -2.31. The van der Waals surface area contributed by atoms with E-state index in [0.29, 0.717) is 31.4 Å². The van der Waals surface area contributed by atoms with Gasteiger partial charge in [0.15, 0.2) is 0 Å².